The first-order valence-electron chi connectivity index (χ1n) is 11.1. The Morgan fingerprint density at radius 3 is 2.59 bits per heavy atom. The van der Waals surface area contributed by atoms with Crippen molar-refractivity contribution in [2.24, 2.45) is 22.7 Å². The Labute approximate surface area is 163 Å². The van der Waals surface area contributed by atoms with Crippen LogP contribution < -0.4 is 10.6 Å². The van der Waals surface area contributed by atoms with Crippen LogP contribution in [0.2, 0.25) is 0 Å². The number of rotatable bonds is 5. The van der Waals surface area contributed by atoms with Crippen LogP contribution in [-0.2, 0) is 9.84 Å². The smallest absolute Gasteiger partial charge is 0.191 e. The van der Waals surface area contributed by atoms with E-state index in [-0.39, 0.29) is 5.92 Å². The van der Waals surface area contributed by atoms with E-state index in [2.05, 4.69) is 15.5 Å². The van der Waals surface area contributed by atoms with Crippen LogP contribution in [0.5, 0.6) is 0 Å². The average molecular weight is 395 g/mol. The van der Waals surface area contributed by atoms with Crippen molar-refractivity contribution in [3.63, 3.8) is 0 Å². The second-order valence-corrected chi connectivity index (χ2v) is 12.0. The second kappa shape index (κ2) is 7.21. The molecule has 7 heteroatoms. The third-order valence-corrected chi connectivity index (χ3v) is 9.36. The minimum absolute atomic E-state index is 0.195. The first-order chi connectivity index (χ1) is 13.0. The predicted molar refractivity (Wildman–Crippen MR) is 108 cm³/mol. The van der Waals surface area contributed by atoms with Crippen molar-refractivity contribution in [2.75, 3.05) is 31.1 Å². The molecular formula is C20H34N4O2S. The minimum atomic E-state index is -2.82. The maximum atomic E-state index is 11.8. The van der Waals surface area contributed by atoms with Gasteiger partial charge in [0.2, 0.25) is 0 Å². The van der Waals surface area contributed by atoms with E-state index in [0.717, 1.165) is 36.8 Å². The SMILES string of the molecule is O=S1(=O)CCC(CN=C(NC2CCN(C3CC3)C2)NC2CC3CCC2C3)C1. The maximum absolute atomic E-state index is 11.8. The molecule has 3 saturated carbocycles. The van der Waals surface area contributed by atoms with Gasteiger partial charge in [-0.2, -0.15) is 0 Å². The van der Waals surface area contributed by atoms with Crippen molar-refractivity contribution in [1.29, 1.82) is 0 Å². The molecule has 5 atom stereocenters. The van der Waals surface area contributed by atoms with Gasteiger partial charge in [0.05, 0.1) is 11.5 Å². The Morgan fingerprint density at radius 2 is 1.93 bits per heavy atom. The monoisotopic (exact) mass is 394 g/mol. The van der Waals surface area contributed by atoms with E-state index < -0.39 is 9.84 Å². The summed E-state index contributed by atoms with van der Waals surface area (Å²) in [5, 5.41) is 7.46. The van der Waals surface area contributed by atoms with Crippen molar-refractivity contribution in [2.45, 2.75) is 69.5 Å². The van der Waals surface area contributed by atoms with Crippen molar-refractivity contribution < 1.29 is 8.42 Å². The number of aliphatic imine (C=N–C) groups is 1. The Hall–Kier alpha value is -0.820. The fraction of sp³-hybridized carbons (Fsp3) is 0.950. The maximum Gasteiger partial charge on any atom is 0.191 e. The molecule has 0 aromatic heterocycles. The van der Waals surface area contributed by atoms with Crippen LogP contribution in [-0.4, -0.2) is 68.5 Å². The molecule has 0 spiro atoms. The molecule has 27 heavy (non-hydrogen) atoms. The summed E-state index contributed by atoms with van der Waals surface area (Å²) in [5.74, 6) is 3.51. The van der Waals surface area contributed by atoms with Gasteiger partial charge in [0.25, 0.3) is 0 Å². The van der Waals surface area contributed by atoms with Crippen LogP contribution in [0.4, 0.5) is 0 Å². The number of nitrogens with one attached hydrogen (secondary N) is 2. The van der Waals surface area contributed by atoms with Crippen LogP contribution >= 0.6 is 0 Å². The molecule has 152 valence electrons. The van der Waals surface area contributed by atoms with E-state index in [9.17, 15) is 8.42 Å². The molecule has 5 unspecified atom stereocenters. The van der Waals surface area contributed by atoms with Gasteiger partial charge in [-0.3, -0.25) is 9.89 Å². The van der Waals surface area contributed by atoms with Crippen molar-refractivity contribution in [1.82, 2.24) is 15.5 Å². The summed E-state index contributed by atoms with van der Waals surface area (Å²) in [7, 11) is -2.82. The molecular weight excluding hydrogens is 360 g/mol. The Bertz CT molecular complexity index is 690. The third-order valence-electron chi connectivity index (χ3n) is 7.52. The molecule has 3 aliphatic carbocycles. The summed E-state index contributed by atoms with van der Waals surface area (Å²) in [6.45, 7) is 2.96. The third kappa shape index (κ3) is 4.29. The molecule has 2 aliphatic heterocycles. The standard InChI is InChI=1S/C20H34N4O2S/c25-27(26)8-6-15(13-27)11-21-20(23-19-10-14-1-2-16(19)9-14)22-17-5-7-24(12-17)18-3-4-18/h14-19H,1-13H2,(H2,21,22,23). The highest BCUT2D eigenvalue weighted by Crippen LogP contribution is 2.44. The molecule has 0 aromatic carbocycles. The van der Waals surface area contributed by atoms with Crippen LogP contribution in [0, 0.1) is 17.8 Å². The fourth-order valence-corrected chi connectivity index (χ4v) is 7.69. The molecule has 0 aromatic rings. The van der Waals surface area contributed by atoms with E-state index in [1.165, 1.54) is 51.5 Å². The molecule has 2 saturated heterocycles. The van der Waals surface area contributed by atoms with Gasteiger partial charge < -0.3 is 10.6 Å². The minimum Gasteiger partial charge on any atom is -0.353 e. The summed E-state index contributed by atoms with van der Waals surface area (Å²) < 4.78 is 23.5. The molecule has 2 heterocycles. The van der Waals surface area contributed by atoms with Gasteiger partial charge in [0.15, 0.2) is 15.8 Å². The number of guanidine groups is 1. The highest BCUT2D eigenvalue weighted by molar-refractivity contribution is 7.91. The molecule has 5 rings (SSSR count). The van der Waals surface area contributed by atoms with E-state index in [4.69, 9.17) is 4.99 Å². The lowest BCUT2D eigenvalue weighted by molar-refractivity contribution is 0.321. The van der Waals surface area contributed by atoms with Crippen LogP contribution in [0.3, 0.4) is 0 Å². The highest BCUT2D eigenvalue weighted by atomic mass is 32.2. The highest BCUT2D eigenvalue weighted by Gasteiger charge is 2.40. The zero-order valence-corrected chi connectivity index (χ0v) is 17.1. The van der Waals surface area contributed by atoms with Gasteiger partial charge in [-0.05, 0) is 62.7 Å². The van der Waals surface area contributed by atoms with Gasteiger partial charge in [-0.15, -0.1) is 0 Å². The number of likely N-dealkylation sites (tertiary alicyclic amines) is 1. The van der Waals surface area contributed by atoms with E-state index in [0.29, 0.717) is 30.1 Å². The largest absolute Gasteiger partial charge is 0.353 e. The fourth-order valence-electron chi connectivity index (χ4n) is 5.84. The zero-order valence-electron chi connectivity index (χ0n) is 16.3. The number of fused-ring (bicyclic) bond motifs is 2. The lowest BCUT2D eigenvalue weighted by Gasteiger charge is -2.27. The molecule has 5 fully saturated rings. The average Bonchev–Trinajstić information content (AvgIpc) is 3.00. The van der Waals surface area contributed by atoms with E-state index >= 15 is 0 Å². The molecule has 0 amide bonds. The molecule has 2 N–H and O–H groups in total. The van der Waals surface area contributed by atoms with Crippen LogP contribution in [0.25, 0.3) is 0 Å². The van der Waals surface area contributed by atoms with Gasteiger partial charge in [-0.1, -0.05) is 6.42 Å². The van der Waals surface area contributed by atoms with Gasteiger partial charge >= 0.3 is 0 Å². The second-order valence-electron chi connectivity index (χ2n) is 9.74. The summed E-state index contributed by atoms with van der Waals surface area (Å²) in [6, 6.07) is 1.87. The van der Waals surface area contributed by atoms with E-state index in [1.54, 1.807) is 0 Å². The summed E-state index contributed by atoms with van der Waals surface area (Å²) >= 11 is 0. The van der Waals surface area contributed by atoms with Crippen LogP contribution in [0.1, 0.15) is 51.4 Å². The van der Waals surface area contributed by atoms with Gasteiger partial charge in [0, 0.05) is 37.8 Å². The molecule has 5 aliphatic rings. The topological polar surface area (TPSA) is 73.8 Å². The predicted octanol–water partition coefficient (Wildman–Crippen LogP) is 1.38. The van der Waals surface area contributed by atoms with Crippen molar-refractivity contribution in [3.8, 4) is 0 Å². The first-order valence-corrected chi connectivity index (χ1v) is 12.9. The van der Waals surface area contributed by atoms with E-state index in [1.807, 2.05) is 0 Å². The van der Waals surface area contributed by atoms with Crippen molar-refractivity contribution >= 4 is 15.8 Å². The number of nitrogens with zero attached hydrogens (tertiary/aromatic N) is 2. The Kier molecular flexibility index (Phi) is 4.87. The summed E-state index contributed by atoms with van der Waals surface area (Å²) in [4.78, 5) is 7.50. The summed E-state index contributed by atoms with van der Waals surface area (Å²) in [5.41, 5.74) is 0. The Morgan fingerprint density at radius 1 is 1.04 bits per heavy atom. The zero-order chi connectivity index (χ0) is 18.4. The van der Waals surface area contributed by atoms with Gasteiger partial charge in [-0.25, -0.2) is 8.42 Å². The number of sulfone groups is 1. The number of hydrogen-bond acceptors (Lipinski definition) is 4. The lowest BCUT2D eigenvalue weighted by atomic mass is 9.95. The quantitative estimate of drug-likeness (QED) is 0.544. The summed E-state index contributed by atoms with van der Waals surface area (Å²) in [6.07, 6.45) is 10.1. The lowest BCUT2D eigenvalue weighted by Crippen LogP contribution is -2.50. The molecule has 0 radical (unpaired) electrons. The van der Waals surface area contributed by atoms with Crippen LogP contribution in [0.15, 0.2) is 4.99 Å². The Balaban J connectivity index is 1.22. The normalized spacial score (nSPS) is 41.3. The molecule has 2 bridgehead atoms. The number of hydrogen-bond donors (Lipinski definition) is 2. The van der Waals surface area contributed by atoms with Crippen molar-refractivity contribution in [3.05, 3.63) is 0 Å². The first kappa shape index (κ1) is 18.2. The molecule has 6 nitrogen and oxygen atoms in total. The van der Waals surface area contributed by atoms with Gasteiger partial charge in [0.1, 0.15) is 0 Å².